The van der Waals surface area contributed by atoms with Crippen LogP contribution in [-0.2, 0) is 10.0 Å². The van der Waals surface area contributed by atoms with Gasteiger partial charge in [0.25, 0.3) is 10.0 Å². The maximum absolute atomic E-state index is 13.5. The molecule has 0 amide bonds. The minimum atomic E-state index is -3.80. The van der Waals surface area contributed by atoms with Gasteiger partial charge in [0.05, 0.1) is 23.7 Å². The molecule has 0 saturated heterocycles. The molecule has 1 atom stereocenters. The number of hydrogen-bond donors (Lipinski definition) is 0. The van der Waals surface area contributed by atoms with Gasteiger partial charge in [-0.2, -0.15) is 0 Å². The van der Waals surface area contributed by atoms with Crippen molar-refractivity contribution < 1.29 is 13.2 Å². The first kappa shape index (κ1) is 19.3. The van der Waals surface area contributed by atoms with Crippen molar-refractivity contribution in [3.63, 3.8) is 0 Å². The van der Waals surface area contributed by atoms with Gasteiger partial charge in [0.1, 0.15) is 5.75 Å². The molecule has 0 spiro atoms. The van der Waals surface area contributed by atoms with E-state index < -0.39 is 16.1 Å². The van der Waals surface area contributed by atoms with Gasteiger partial charge in [0, 0.05) is 5.02 Å². The average Bonchev–Trinajstić information content (AvgIpc) is 2.70. The first-order chi connectivity index (χ1) is 12.9. The maximum Gasteiger partial charge on any atom is 0.264 e. The minimum Gasteiger partial charge on any atom is -0.497 e. The van der Waals surface area contributed by atoms with Crippen LogP contribution < -0.4 is 9.04 Å². The van der Waals surface area contributed by atoms with Crippen LogP contribution in [0, 0.1) is 0 Å². The van der Waals surface area contributed by atoms with Gasteiger partial charge in [-0.3, -0.25) is 4.31 Å². The van der Waals surface area contributed by atoms with Gasteiger partial charge in [-0.05, 0) is 61.0 Å². The number of hydrogen-bond acceptors (Lipinski definition) is 3. The van der Waals surface area contributed by atoms with Crippen LogP contribution >= 0.6 is 11.6 Å². The molecule has 3 rings (SSSR count). The number of halogens is 1. The Kier molecular flexibility index (Phi) is 5.73. The minimum absolute atomic E-state index is 0.195. The Morgan fingerprint density at radius 2 is 1.48 bits per heavy atom. The van der Waals surface area contributed by atoms with Crippen LogP contribution in [0.2, 0.25) is 5.02 Å². The Morgan fingerprint density at radius 3 is 2.04 bits per heavy atom. The highest BCUT2D eigenvalue weighted by atomic mass is 35.5. The van der Waals surface area contributed by atoms with Crippen molar-refractivity contribution in [1.29, 1.82) is 0 Å². The largest absolute Gasteiger partial charge is 0.497 e. The monoisotopic (exact) mass is 401 g/mol. The van der Waals surface area contributed by atoms with Crippen LogP contribution in [0.3, 0.4) is 0 Å². The van der Waals surface area contributed by atoms with Gasteiger partial charge < -0.3 is 4.74 Å². The van der Waals surface area contributed by atoms with E-state index in [1.165, 1.54) is 4.31 Å². The van der Waals surface area contributed by atoms with Crippen molar-refractivity contribution in [2.24, 2.45) is 0 Å². The molecule has 3 aromatic carbocycles. The molecule has 0 saturated carbocycles. The van der Waals surface area contributed by atoms with Crippen LogP contribution in [0.1, 0.15) is 18.5 Å². The summed E-state index contributed by atoms with van der Waals surface area (Å²) in [5.74, 6) is 0.600. The summed E-state index contributed by atoms with van der Waals surface area (Å²) in [6.45, 7) is 1.87. The number of anilines is 1. The molecular weight excluding hydrogens is 382 g/mol. The van der Waals surface area contributed by atoms with E-state index in [1.807, 2.05) is 37.3 Å². The predicted octanol–water partition coefficient (Wildman–Crippen LogP) is 5.31. The summed E-state index contributed by atoms with van der Waals surface area (Å²) < 4.78 is 33.5. The molecule has 0 aromatic heterocycles. The lowest BCUT2D eigenvalue weighted by atomic mass is 10.1. The van der Waals surface area contributed by atoms with Gasteiger partial charge >= 0.3 is 0 Å². The fourth-order valence-corrected chi connectivity index (χ4v) is 4.66. The molecule has 0 unspecified atom stereocenters. The van der Waals surface area contributed by atoms with Gasteiger partial charge in [-0.1, -0.05) is 41.9 Å². The first-order valence-corrected chi connectivity index (χ1v) is 10.2. The number of rotatable bonds is 6. The molecule has 3 aromatic rings. The van der Waals surface area contributed by atoms with Gasteiger partial charge in [-0.15, -0.1) is 0 Å². The fraction of sp³-hybridized carbons (Fsp3) is 0.143. The van der Waals surface area contributed by atoms with E-state index in [0.29, 0.717) is 16.5 Å². The lowest BCUT2D eigenvalue weighted by Gasteiger charge is -2.31. The summed E-state index contributed by atoms with van der Waals surface area (Å²) in [7, 11) is -2.26. The number of ether oxygens (including phenoxy) is 1. The zero-order valence-electron chi connectivity index (χ0n) is 15.0. The third-order valence-electron chi connectivity index (χ3n) is 4.33. The molecule has 27 heavy (non-hydrogen) atoms. The number of methoxy groups -OCH3 is 1. The topological polar surface area (TPSA) is 46.6 Å². The van der Waals surface area contributed by atoms with Crippen molar-refractivity contribution in [3.05, 3.63) is 89.4 Å². The Morgan fingerprint density at radius 1 is 0.889 bits per heavy atom. The molecule has 6 heteroatoms. The van der Waals surface area contributed by atoms with Crippen molar-refractivity contribution in [3.8, 4) is 5.75 Å². The normalized spacial score (nSPS) is 12.4. The number of nitrogens with zero attached hydrogens (tertiary/aromatic N) is 1. The standard InChI is InChI=1S/C21H20ClNO3S/c1-16(17-6-4-3-5-7-17)23(19-10-8-18(22)9-11-19)27(24,25)21-14-12-20(26-2)13-15-21/h3-16H,1-2H3/t16-/m1/s1. The van der Waals surface area contributed by atoms with E-state index in [-0.39, 0.29) is 4.90 Å². The van der Waals surface area contributed by atoms with E-state index in [1.54, 1.807) is 55.6 Å². The van der Waals surface area contributed by atoms with Gasteiger partial charge in [0.2, 0.25) is 0 Å². The van der Waals surface area contributed by atoms with E-state index in [4.69, 9.17) is 16.3 Å². The Bertz CT molecular complexity index is 988. The van der Waals surface area contributed by atoms with E-state index in [9.17, 15) is 8.42 Å². The highest BCUT2D eigenvalue weighted by Gasteiger charge is 2.30. The smallest absolute Gasteiger partial charge is 0.264 e. The summed E-state index contributed by atoms with van der Waals surface area (Å²) in [4.78, 5) is 0.195. The number of sulfonamides is 1. The molecule has 4 nitrogen and oxygen atoms in total. The Hall–Kier alpha value is -2.50. The van der Waals surface area contributed by atoms with Crippen LogP contribution in [0.25, 0.3) is 0 Å². The van der Waals surface area contributed by atoms with E-state index in [0.717, 1.165) is 5.56 Å². The Labute approximate surface area is 165 Å². The van der Waals surface area contributed by atoms with E-state index >= 15 is 0 Å². The lowest BCUT2D eigenvalue weighted by molar-refractivity contribution is 0.414. The molecule has 0 fully saturated rings. The van der Waals surface area contributed by atoms with Crippen molar-refractivity contribution in [1.82, 2.24) is 0 Å². The summed E-state index contributed by atoms with van der Waals surface area (Å²) in [5, 5.41) is 0.549. The molecule has 0 bridgehead atoms. The maximum atomic E-state index is 13.5. The predicted molar refractivity (Wildman–Crippen MR) is 109 cm³/mol. The summed E-state index contributed by atoms with van der Waals surface area (Å²) >= 11 is 6.00. The highest BCUT2D eigenvalue weighted by molar-refractivity contribution is 7.92. The van der Waals surface area contributed by atoms with Crippen molar-refractivity contribution in [2.75, 3.05) is 11.4 Å². The molecule has 0 heterocycles. The van der Waals surface area contributed by atoms with E-state index in [2.05, 4.69) is 0 Å². The van der Waals surface area contributed by atoms with Crippen molar-refractivity contribution >= 4 is 27.3 Å². The third-order valence-corrected chi connectivity index (χ3v) is 6.50. The molecule has 0 aliphatic carbocycles. The van der Waals surface area contributed by atoms with Crippen LogP contribution in [0.5, 0.6) is 5.75 Å². The zero-order valence-corrected chi connectivity index (χ0v) is 16.6. The molecule has 0 aliphatic rings. The molecule has 140 valence electrons. The third kappa shape index (κ3) is 4.10. The Balaban J connectivity index is 2.11. The van der Waals surface area contributed by atoms with Crippen LogP contribution in [0.15, 0.2) is 83.8 Å². The number of benzene rings is 3. The fourth-order valence-electron chi connectivity index (χ4n) is 2.89. The second-order valence-corrected chi connectivity index (χ2v) is 8.29. The van der Waals surface area contributed by atoms with Gasteiger partial charge in [0.15, 0.2) is 0 Å². The first-order valence-electron chi connectivity index (χ1n) is 8.42. The summed E-state index contributed by atoms with van der Waals surface area (Å²) in [5.41, 5.74) is 1.44. The quantitative estimate of drug-likeness (QED) is 0.562. The molecule has 0 radical (unpaired) electrons. The highest BCUT2D eigenvalue weighted by Crippen LogP contribution is 2.34. The molecule has 0 N–H and O–H groups in total. The second kappa shape index (κ2) is 8.03. The lowest BCUT2D eigenvalue weighted by Crippen LogP contribution is -2.33. The summed E-state index contributed by atoms with van der Waals surface area (Å²) in [6.07, 6.45) is 0. The van der Waals surface area contributed by atoms with Crippen LogP contribution in [-0.4, -0.2) is 15.5 Å². The average molecular weight is 402 g/mol. The van der Waals surface area contributed by atoms with Crippen LogP contribution in [0.4, 0.5) is 5.69 Å². The van der Waals surface area contributed by atoms with Crippen molar-refractivity contribution in [2.45, 2.75) is 17.9 Å². The van der Waals surface area contributed by atoms with Gasteiger partial charge in [-0.25, -0.2) is 8.42 Å². The zero-order chi connectivity index (χ0) is 19.4. The second-order valence-electron chi connectivity index (χ2n) is 6.04. The molecule has 0 aliphatic heterocycles. The molecular formula is C21H20ClNO3S. The SMILES string of the molecule is COc1ccc(S(=O)(=O)N(c2ccc(Cl)cc2)[C@H](C)c2ccccc2)cc1. The summed E-state index contributed by atoms with van der Waals surface area (Å²) in [6, 6.07) is 22.3.